The number of amides is 2. The molecule has 1 aromatic heterocycles. The molecule has 142 valence electrons. The third-order valence-corrected chi connectivity index (χ3v) is 5.77. The summed E-state index contributed by atoms with van der Waals surface area (Å²) in [6.07, 6.45) is 1.21. The van der Waals surface area contributed by atoms with Crippen molar-refractivity contribution in [1.82, 2.24) is 10.6 Å². The standard InChI is InChI=1S/C17H27N3O3S.ClH/c1-4-23-13-11-17(18,16(13,2)3)15(22)20-9-6-8-19-14(21)12-7-5-10-24-12;/h5,7,10,13H,4,6,8-9,11,18H2,1-3H3,(H,19,21)(H,20,22);1H. The van der Waals surface area contributed by atoms with E-state index in [4.69, 9.17) is 10.5 Å². The van der Waals surface area contributed by atoms with Gasteiger partial charge in [0.05, 0.1) is 11.0 Å². The minimum Gasteiger partial charge on any atom is -0.378 e. The second-order valence-electron chi connectivity index (χ2n) is 6.68. The van der Waals surface area contributed by atoms with Gasteiger partial charge in [-0.25, -0.2) is 0 Å². The van der Waals surface area contributed by atoms with Crippen LogP contribution in [0, 0.1) is 5.41 Å². The molecule has 0 aromatic carbocycles. The largest absolute Gasteiger partial charge is 0.378 e. The highest BCUT2D eigenvalue weighted by Crippen LogP contribution is 2.49. The van der Waals surface area contributed by atoms with Crippen LogP contribution >= 0.6 is 23.7 Å². The van der Waals surface area contributed by atoms with Crippen LogP contribution in [0.25, 0.3) is 0 Å². The Morgan fingerprint density at radius 3 is 2.60 bits per heavy atom. The summed E-state index contributed by atoms with van der Waals surface area (Å²) >= 11 is 1.41. The molecule has 6 nitrogen and oxygen atoms in total. The average Bonchev–Trinajstić information content (AvgIpc) is 3.08. The summed E-state index contributed by atoms with van der Waals surface area (Å²) in [4.78, 5) is 24.9. The van der Waals surface area contributed by atoms with Gasteiger partial charge >= 0.3 is 0 Å². The molecule has 25 heavy (non-hydrogen) atoms. The Morgan fingerprint density at radius 2 is 2.04 bits per heavy atom. The van der Waals surface area contributed by atoms with Crippen LogP contribution in [0.4, 0.5) is 0 Å². The lowest BCUT2D eigenvalue weighted by molar-refractivity contribution is -0.170. The highest BCUT2D eigenvalue weighted by Gasteiger charge is 2.62. The van der Waals surface area contributed by atoms with Gasteiger partial charge in [-0.1, -0.05) is 19.9 Å². The van der Waals surface area contributed by atoms with Crippen LogP contribution in [0.3, 0.4) is 0 Å². The van der Waals surface area contributed by atoms with Crippen molar-refractivity contribution in [3.05, 3.63) is 22.4 Å². The first-order valence-electron chi connectivity index (χ1n) is 8.33. The number of hydrogen-bond donors (Lipinski definition) is 3. The molecule has 1 fully saturated rings. The lowest BCUT2D eigenvalue weighted by atomic mass is 9.54. The number of carbonyl (C=O) groups excluding carboxylic acids is 2. The van der Waals surface area contributed by atoms with E-state index in [1.54, 1.807) is 6.07 Å². The number of carbonyl (C=O) groups is 2. The fourth-order valence-electron chi connectivity index (χ4n) is 2.97. The lowest BCUT2D eigenvalue weighted by Crippen LogP contribution is -2.75. The van der Waals surface area contributed by atoms with Gasteiger partial charge in [0.25, 0.3) is 5.91 Å². The monoisotopic (exact) mass is 389 g/mol. The number of rotatable bonds is 8. The molecule has 1 aliphatic rings. The second kappa shape index (κ2) is 8.98. The molecule has 0 aliphatic heterocycles. The molecule has 2 amide bonds. The summed E-state index contributed by atoms with van der Waals surface area (Å²) in [5.74, 6) is -0.223. The summed E-state index contributed by atoms with van der Waals surface area (Å²) in [6.45, 7) is 7.50. The Kier molecular flexibility index (Phi) is 7.87. The Balaban J connectivity index is 0.00000312. The van der Waals surface area contributed by atoms with E-state index in [1.807, 2.05) is 32.2 Å². The van der Waals surface area contributed by atoms with Crippen molar-refractivity contribution in [3.63, 3.8) is 0 Å². The predicted molar refractivity (Wildman–Crippen MR) is 102 cm³/mol. The van der Waals surface area contributed by atoms with Crippen molar-refractivity contribution < 1.29 is 14.3 Å². The van der Waals surface area contributed by atoms with Crippen LogP contribution in [0.15, 0.2) is 17.5 Å². The van der Waals surface area contributed by atoms with E-state index < -0.39 is 5.54 Å². The molecule has 8 heteroatoms. The molecule has 4 N–H and O–H groups in total. The topological polar surface area (TPSA) is 93.4 Å². The van der Waals surface area contributed by atoms with Crippen molar-refractivity contribution in [2.24, 2.45) is 11.1 Å². The minimum atomic E-state index is -0.896. The zero-order chi connectivity index (χ0) is 17.8. The molecule has 0 saturated heterocycles. The molecule has 1 heterocycles. The Labute approximate surface area is 159 Å². The Morgan fingerprint density at radius 1 is 1.36 bits per heavy atom. The number of nitrogens with one attached hydrogen (secondary N) is 2. The van der Waals surface area contributed by atoms with Gasteiger partial charge in [0.15, 0.2) is 0 Å². The summed E-state index contributed by atoms with van der Waals surface area (Å²) in [6, 6.07) is 3.63. The van der Waals surface area contributed by atoms with Gasteiger partial charge in [-0.3, -0.25) is 9.59 Å². The highest BCUT2D eigenvalue weighted by molar-refractivity contribution is 7.12. The molecular formula is C17H28ClN3O3S. The fourth-order valence-corrected chi connectivity index (χ4v) is 3.61. The van der Waals surface area contributed by atoms with Crippen LogP contribution in [0.5, 0.6) is 0 Å². The van der Waals surface area contributed by atoms with Gasteiger partial charge in [-0.15, -0.1) is 23.7 Å². The third kappa shape index (κ3) is 4.53. The van der Waals surface area contributed by atoms with Crippen molar-refractivity contribution in [3.8, 4) is 0 Å². The highest BCUT2D eigenvalue weighted by atomic mass is 35.5. The van der Waals surface area contributed by atoms with Gasteiger partial charge in [-0.2, -0.15) is 0 Å². The molecule has 2 unspecified atom stereocenters. The first-order chi connectivity index (χ1) is 11.3. The van der Waals surface area contributed by atoms with Gasteiger partial charge in [0.1, 0.15) is 5.54 Å². The molecule has 1 aliphatic carbocycles. The number of hydrogen-bond acceptors (Lipinski definition) is 5. The van der Waals surface area contributed by atoms with Crippen molar-refractivity contribution in [1.29, 1.82) is 0 Å². The maximum Gasteiger partial charge on any atom is 0.261 e. The minimum absolute atomic E-state index is 0. The zero-order valence-electron chi connectivity index (χ0n) is 15.0. The first-order valence-corrected chi connectivity index (χ1v) is 9.21. The van der Waals surface area contributed by atoms with E-state index >= 15 is 0 Å². The maximum absolute atomic E-state index is 12.4. The van der Waals surface area contributed by atoms with Crippen LogP contribution < -0.4 is 16.4 Å². The molecule has 0 spiro atoms. The quantitative estimate of drug-likeness (QED) is 0.592. The zero-order valence-corrected chi connectivity index (χ0v) is 16.6. The van der Waals surface area contributed by atoms with Gasteiger partial charge in [0, 0.05) is 31.5 Å². The smallest absolute Gasteiger partial charge is 0.261 e. The van der Waals surface area contributed by atoms with Crippen molar-refractivity contribution in [2.75, 3.05) is 19.7 Å². The molecule has 1 saturated carbocycles. The number of halogens is 1. The lowest BCUT2D eigenvalue weighted by Gasteiger charge is -2.57. The predicted octanol–water partition coefficient (Wildman–Crippen LogP) is 1.94. The summed E-state index contributed by atoms with van der Waals surface area (Å²) < 4.78 is 5.64. The second-order valence-corrected chi connectivity index (χ2v) is 7.63. The van der Waals surface area contributed by atoms with Crippen molar-refractivity contribution in [2.45, 2.75) is 45.3 Å². The van der Waals surface area contributed by atoms with Crippen LogP contribution in [-0.2, 0) is 9.53 Å². The number of thiophene rings is 1. The summed E-state index contributed by atoms with van der Waals surface area (Å²) in [5, 5.41) is 7.58. The normalized spacial score (nSPS) is 23.9. The van der Waals surface area contributed by atoms with Gasteiger partial charge in [-0.05, 0) is 24.8 Å². The molecule has 0 bridgehead atoms. The molecule has 0 radical (unpaired) electrons. The van der Waals surface area contributed by atoms with Crippen LogP contribution in [-0.4, -0.2) is 43.2 Å². The molecule has 1 aromatic rings. The number of ether oxygens (including phenoxy) is 1. The Bertz CT molecular complexity index is 580. The molecule has 2 atom stereocenters. The number of nitrogens with two attached hydrogens (primary N) is 1. The van der Waals surface area contributed by atoms with Gasteiger partial charge < -0.3 is 21.1 Å². The van der Waals surface area contributed by atoms with E-state index in [0.717, 1.165) is 0 Å². The fraction of sp³-hybridized carbons (Fsp3) is 0.647. The van der Waals surface area contributed by atoms with E-state index in [1.165, 1.54) is 11.3 Å². The van der Waals surface area contributed by atoms with E-state index in [2.05, 4.69) is 10.6 Å². The molecule has 2 rings (SSSR count). The van der Waals surface area contributed by atoms with E-state index in [9.17, 15) is 9.59 Å². The van der Waals surface area contributed by atoms with Gasteiger partial charge in [0.2, 0.25) is 5.91 Å². The van der Waals surface area contributed by atoms with E-state index in [-0.39, 0.29) is 35.7 Å². The Hall–Kier alpha value is -1.15. The van der Waals surface area contributed by atoms with Crippen LogP contribution in [0.1, 0.15) is 43.3 Å². The maximum atomic E-state index is 12.4. The third-order valence-electron chi connectivity index (χ3n) is 4.90. The first kappa shape index (κ1) is 21.9. The van der Waals surface area contributed by atoms with Crippen molar-refractivity contribution >= 4 is 35.6 Å². The van der Waals surface area contributed by atoms with Crippen LogP contribution in [0.2, 0.25) is 0 Å². The van der Waals surface area contributed by atoms with E-state index in [0.29, 0.717) is 37.4 Å². The average molecular weight is 390 g/mol. The summed E-state index contributed by atoms with van der Waals surface area (Å²) in [7, 11) is 0. The SMILES string of the molecule is CCOC1CC(N)(C(=O)NCCCNC(=O)c2cccs2)C1(C)C.Cl. The molecular weight excluding hydrogens is 362 g/mol. The summed E-state index contributed by atoms with van der Waals surface area (Å²) in [5.41, 5.74) is 5.03.